The van der Waals surface area contributed by atoms with Crippen LogP contribution in [0, 0.1) is 23.7 Å². The summed E-state index contributed by atoms with van der Waals surface area (Å²) in [5, 5.41) is 10.7. The number of hydrogen-bond acceptors (Lipinski definition) is 4. The minimum Gasteiger partial charge on any atom is -0.545 e. The van der Waals surface area contributed by atoms with E-state index in [0.29, 0.717) is 5.69 Å². The van der Waals surface area contributed by atoms with Crippen LogP contribution in [-0.2, 0) is 9.59 Å². The third-order valence-corrected chi connectivity index (χ3v) is 4.83. The molecule has 4 rings (SSSR count). The van der Waals surface area contributed by atoms with Crippen molar-refractivity contribution in [1.29, 1.82) is 0 Å². The van der Waals surface area contributed by atoms with Gasteiger partial charge < -0.3 is 9.90 Å². The van der Waals surface area contributed by atoms with Crippen molar-refractivity contribution < 1.29 is 19.5 Å². The Labute approximate surface area is 120 Å². The Hall–Kier alpha value is -2.43. The van der Waals surface area contributed by atoms with Gasteiger partial charge in [-0.3, -0.25) is 14.5 Å². The van der Waals surface area contributed by atoms with Crippen LogP contribution in [-0.4, -0.2) is 17.8 Å². The number of benzene rings is 1. The Morgan fingerprint density at radius 1 is 1.00 bits per heavy atom. The summed E-state index contributed by atoms with van der Waals surface area (Å²) in [5.41, 5.74) is 0.462. The molecule has 2 bridgehead atoms. The van der Waals surface area contributed by atoms with Crippen LogP contribution in [0.25, 0.3) is 0 Å². The molecule has 5 heteroatoms. The molecular weight excluding hydrogens is 270 g/mol. The van der Waals surface area contributed by atoms with E-state index >= 15 is 0 Å². The van der Waals surface area contributed by atoms with E-state index in [2.05, 4.69) is 0 Å². The first-order chi connectivity index (χ1) is 10.1. The Kier molecular flexibility index (Phi) is 2.37. The van der Waals surface area contributed by atoms with Crippen molar-refractivity contribution in [1.82, 2.24) is 0 Å². The Bertz CT molecular complexity index is 661. The minimum absolute atomic E-state index is 0.0276. The van der Waals surface area contributed by atoms with Crippen molar-refractivity contribution in [2.75, 3.05) is 4.90 Å². The zero-order chi connectivity index (χ0) is 14.7. The van der Waals surface area contributed by atoms with Gasteiger partial charge in [0.2, 0.25) is 11.8 Å². The molecule has 4 atom stereocenters. The number of imide groups is 1. The summed E-state index contributed by atoms with van der Waals surface area (Å²) in [6, 6.07) is 5.67. The fourth-order valence-corrected chi connectivity index (χ4v) is 3.90. The molecule has 1 saturated heterocycles. The van der Waals surface area contributed by atoms with Gasteiger partial charge in [0.15, 0.2) is 0 Å². The van der Waals surface area contributed by atoms with Crippen LogP contribution in [0.15, 0.2) is 36.4 Å². The number of rotatable bonds is 2. The second-order valence-electron chi connectivity index (χ2n) is 5.85. The Morgan fingerprint density at radius 3 is 2.00 bits per heavy atom. The first kappa shape index (κ1) is 12.3. The normalized spacial score (nSPS) is 32.9. The monoisotopic (exact) mass is 282 g/mol. The number of carboxylic acid groups (broad SMARTS) is 1. The lowest BCUT2D eigenvalue weighted by Crippen LogP contribution is -2.33. The van der Waals surface area contributed by atoms with Crippen LogP contribution in [0.5, 0.6) is 0 Å². The molecular formula is C16H12NO4-. The molecule has 0 aromatic heterocycles. The van der Waals surface area contributed by atoms with Gasteiger partial charge in [-0.15, -0.1) is 0 Å². The van der Waals surface area contributed by atoms with Crippen molar-refractivity contribution in [3.63, 3.8) is 0 Å². The smallest absolute Gasteiger partial charge is 0.238 e. The van der Waals surface area contributed by atoms with Crippen LogP contribution in [0.2, 0.25) is 0 Å². The van der Waals surface area contributed by atoms with E-state index in [1.165, 1.54) is 29.2 Å². The van der Waals surface area contributed by atoms with Gasteiger partial charge in [-0.2, -0.15) is 0 Å². The highest BCUT2D eigenvalue weighted by Crippen LogP contribution is 2.53. The van der Waals surface area contributed by atoms with Crippen LogP contribution >= 0.6 is 0 Å². The number of fused-ring (bicyclic) bond motifs is 5. The molecule has 2 fully saturated rings. The van der Waals surface area contributed by atoms with Gasteiger partial charge in [-0.05, 0) is 36.0 Å². The van der Waals surface area contributed by atoms with E-state index in [-0.39, 0.29) is 41.0 Å². The lowest BCUT2D eigenvalue weighted by molar-refractivity contribution is -0.255. The summed E-state index contributed by atoms with van der Waals surface area (Å²) in [7, 11) is 0. The van der Waals surface area contributed by atoms with E-state index in [4.69, 9.17) is 0 Å². The maximum atomic E-state index is 12.5. The largest absolute Gasteiger partial charge is 0.545 e. The lowest BCUT2D eigenvalue weighted by atomic mass is 9.85. The van der Waals surface area contributed by atoms with Crippen molar-refractivity contribution in [2.45, 2.75) is 6.42 Å². The number of carbonyl (C=O) groups excluding carboxylic acids is 3. The molecule has 1 aromatic rings. The van der Waals surface area contributed by atoms with E-state index in [9.17, 15) is 19.5 Å². The van der Waals surface area contributed by atoms with Gasteiger partial charge in [0, 0.05) is 0 Å². The molecule has 0 radical (unpaired) electrons. The average Bonchev–Trinajstić information content (AvgIpc) is 3.13. The van der Waals surface area contributed by atoms with Crippen LogP contribution in [0.1, 0.15) is 16.8 Å². The molecule has 1 heterocycles. The number of aromatic carboxylic acids is 1. The Balaban J connectivity index is 1.69. The zero-order valence-electron chi connectivity index (χ0n) is 11.1. The third kappa shape index (κ3) is 1.54. The fraction of sp³-hybridized carbons (Fsp3) is 0.312. The third-order valence-electron chi connectivity index (χ3n) is 4.83. The molecule has 2 amide bonds. The second kappa shape index (κ2) is 4.04. The predicted octanol–water partition coefficient (Wildman–Crippen LogP) is 0.362. The van der Waals surface area contributed by atoms with Gasteiger partial charge in [-0.1, -0.05) is 24.3 Å². The van der Waals surface area contributed by atoms with Crippen LogP contribution in [0.3, 0.4) is 0 Å². The summed E-state index contributed by atoms with van der Waals surface area (Å²) in [6.45, 7) is 0. The lowest BCUT2D eigenvalue weighted by Gasteiger charge is -2.17. The second-order valence-corrected chi connectivity index (χ2v) is 5.85. The van der Waals surface area contributed by atoms with Gasteiger partial charge in [-0.25, -0.2) is 0 Å². The molecule has 1 saturated carbocycles. The molecule has 2 aliphatic carbocycles. The number of carbonyl (C=O) groups is 3. The molecule has 0 unspecified atom stereocenters. The zero-order valence-corrected chi connectivity index (χ0v) is 11.1. The summed E-state index contributed by atoms with van der Waals surface area (Å²) >= 11 is 0. The molecule has 1 aliphatic heterocycles. The highest BCUT2D eigenvalue weighted by Gasteiger charge is 2.59. The quantitative estimate of drug-likeness (QED) is 0.579. The van der Waals surface area contributed by atoms with Gasteiger partial charge in [0.05, 0.1) is 23.5 Å². The molecule has 1 aromatic carbocycles. The number of allylic oxidation sites excluding steroid dienone is 2. The molecule has 21 heavy (non-hydrogen) atoms. The van der Waals surface area contributed by atoms with E-state index in [1.807, 2.05) is 12.2 Å². The number of carboxylic acids is 1. The molecule has 106 valence electrons. The highest BCUT2D eigenvalue weighted by molar-refractivity contribution is 6.22. The maximum absolute atomic E-state index is 12.5. The van der Waals surface area contributed by atoms with Crippen molar-refractivity contribution in [2.24, 2.45) is 23.7 Å². The number of anilines is 1. The van der Waals surface area contributed by atoms with E-state index in [0.717, 1.165) is 6.42 Å². The van der Waals surface area contributed by atoms with Crippen molar-refractivity contribution in [3.8, 4) is 0 Å². The van der Waals surface area contributed by atoms with Crippen LogP contribution in [0.4, 0.5) is 5.69 Å². The highest BCUT2D eigenvalue weighted by atomic mass is 16.4. The maximum Gasteiger partial charge on any atom is 0.238 e. The van der Waals surface area contributed by atoms with Gasteiger partial charge >= 0.3 is 0 Å². The summed E-state index contributed by atoms with van der Waals surface area (Å²) in [5.74, 6) is -1.75. The van der Waals surface area contributed by atoms with Crippen molar-refractivity contribution in [3.05, 3.63) is 42.0 Å². The molecule has 5 nitrogen and oxygen atoms in total. The van der Waals surface area contributed by atoms with Crippen molar-refractivity contribution >= 4 is 23.5 Å². The summed E-state index contributed by atoms with van der Waals surface area (Å²) in [6.07, 6.45) is 4.98. The SMILES string of the molecule is O=C([O-])c1ccc(N2C(=O)[C@@H]3[C@@H](C2=O)[C@@H]2C=C[C@@H]3C2)cc1. The van der Waals surface area contributed by atoms with E-state index < -0.39 is 5.97 Å². The molecule has 3 aliphatic rings. The first-order valence-electron chi connectivity index (χ1n) is 6.95. The number of amides is 2. The Morgan fingerprint density at radius 2 is 1.52 bits per heavy atom. The fourth-order valence-electron chi connectivity index (χ4n) is 3.90. The molecule has 0 N–H and O–H groups in total. The van der Waals surface area contributed by atoms with E-state index in [1.54, 1.807) is 0 Å². The average molecular weight is 282 g/mol. The standard InChI is InChI=1S/C16H13NO4/c18-14-12-9-1-2-10(7-9)13(12)15(19)17(14)11-5-3-8(4-6-11)16(20)21/h1-6,9-10,12-13H,7H2,(H,20,21)/p-1/t9-,10-,12+,13+/m1/s1. The summed E-state index contributed by atoms with van der Waals surface area (Å²) < 4.78 is 0. The van der Waals surface area contributed by atoms with Gasteiger partial charge in [0.25, 0.3) is 0 Å². The topological polar surface area (TPSA) is 77.5 Å². The predicted molar refractivity (Wildman–Crippen MR) is 71.0 cm³/mol. The van der Waals surface area contributed by atoms with Crippen LogP contribution < -0.4 is 10.0 Å². The summed E-state index contributed by atoms with van der Waals surface area (Å²) in [4.78, 5) is 37.1. The first-order valence-corrected chi connectivity index (χ1v) is 6.95. The number of nitrogens with zero attached hydrogens (tertiary/aromatic N) is 1. The molecule has 0 spiro atoms. The van der Waals surface area contributed by atoms with Gasteiger partial charge in [0.1, 0.15) is 0 Å². The number of hydrogen-bond donors (Lipinski definition) is 0. The minimum atomic E-state index is -1.28.